The van der Waals surface area contributed by atoms with E-state index in [-0.39, 0.29) is 51.3 Å². The minimum atomic E-state index is -0.735. The smallest absolute Gasteiger partial charge is 0.407 e. The zero-order valence-corrected chi connectivity index (χ0v) is 34.2. The van der Waals surface area contributed by atoms with Crippen LogP contribution in [0.4, 0.5) is 14.4 Å². The molecular weight excluding hydrogens is 788 g/mol. The van der Waals surface area contributed by atoms with Crippen molar-refractivity contribution in [1.82, 2.24) is 16.0 Å². The molecule has 3 rings (SSSR count). The molecule has 13 heteroatoms. The second-order valence-electron chi connectivity index (χ2n) is 16.4. The first-order valence-electron chi connectivity index (χ1n) is 17.5. The van der Waals surface area contributed by atoms with Gasteiger partial charge in [0.2, 0.25) is 0 Å². The molecule has 48 heavy (non-hydrogen) atoms. The molecular formula is C35H66N4O8W. The zero-order valence-electron chi connectivity index (χ0n) is 31.2. The molecule has 0 aromatic heterocycles. The summed E-state index contributed by atoms with van der Waals surface area (Å²) in [5.74, 6) is -0.186. The number of alkyl carbamates (subject to hydrolysis) is 3. The maximum Gasteiger partial charge on any atom is 0.407 e. The van der Waals surface area contributed by atoms with Crippen molar-refractivity contribution in [3.8, 4) is 0 Å². The first-order valence-corrected chi connectivity index (χ1v) is 17.5. The van der Waals surface area contributed by atoms with Crippen LogP contribution in [0, 0.1) is 11.8 Å². The number of rotatable bonds is 4. The maximum atomic E-state index is 11.5. The Balaban J connectivity index is 0.000000685. The molecule has 0 aliphatic heterocycles. The van der Waals surface area contributed by atoms with Gasteiger partial charge in [-0.15, -0.1) is 0 Å². The number of ether oxygens (including phenoxy) is 3. The molecule has 0 saturated heterocycles. The van der Waals surface area contributed by atoms with Gasteiger partial charge in [0, 0.05) is 45.2 Å². The van der Waals surface area contributed by atoms with Crippen LogP contribution in [-0.2, 0) is 40.1 Å². The van der Waals surface area contributed by atoms with Gasteiger partial charge in [-0.25, -0.2) is 14.4 Å². The van der Waals surface area contributed by atoms with Gasteiger partial charge in [0.05, 0.1) is 5.92 Å². The molecule has 280 valence electrons. The van der Waals surface area contributed by atoms with Crippen LogP contribution in [0.15, 0.2) is 0 Å². The van der Waals surface area contributed by atoms with Crippen molar-refractivity contribution in [2.24, 2.45) is 17.6 Å². The quantitative estimate of drug-likeness (QED) is 0.186. The zero-order chi connectivity index (χ0) is 36.0. The molecule has 0 unspecified atom stereocenters. The number of carboxylic acid groups (broad SMARTS) is 1. The number of carbonyl (C=O) groups is 4. The number of carboxylic acids is 1. The maximum absolute atomic E-state index is 11.5. The summed E-state index contributed by atoms with van der Waals surface area (Å²) in [5.41, 5.74) is 4.47. The van der Waals surface area contributed by atoms with Crippen molar-refractivity contribution >= 4 is 24.2 Å². The van der Waals surface area contributed by atoms with Crippen molar-refractivity contribution < 1.29 is 59.6 Å². The van der Waals surface area contributed by atoms with Gasteiger partial charge in [-0.2, -0.15) is 0 Å². The molecule has 3 amide bonds. The first kappa shape index (κ1) is 45.9. The monoisotopic (exact) mass is 854 g/mol. The molecule has 3 aliphatic carbocycles. The Labute approximate surface area is 303 Å². The molecule has 0 bridgehead atoms. The number of aliphatic carboxylic acids is 1. The standard InChI is InChI=1S/C12H21NO4.C12H23NO2.C11H22N2O2.W/c1-12(2,3)17-11(16)13-9-6-4-8(5-7-9)10(14)15;1-9-5-7-10(8-6-9)13-11(14)15-12(2,3)4;1-11(2,3)15-10(14)13-9-6-4-8(12)5-7-9;/h8-9H,4-7H2,1-3H3,(H,13,16)(H,14,15);9-10H,5-8H2,1-4H3,(H,13,14);8-9H,4-7,12H2,1-3H3,(H,13,14);. The second-order valence-corrected chi connectivity index (χ2v) is 16.4. The van der Waals surface area contributed by atoms with Crippen LogP contribution in [0.5, 0.6) is 0 Å². The van der Waals surface area contributed by atoms with Gasteiger partial charge in [0.1, 0.15) is 16.8 Å². The van der Waals surface area contributed by atoms with Gasteiger partial charge in [0.25, 0.3) is 0 Å². The van der Waals surface area contributed by atoms with Crippen LogP contribution in [0.1, 0.15) is 146 Å². The number of nitrogens with two attached hydrogens (primary N) is 1. The summed E-state index contributed by atoms with van der Waals surface area (Å²) in [6.45, 7) is 19.0. The number of amides is 3. The van der Waals surface area contributed by atoms with Crippen LogP contribution in [0.2, 0.25) is 0 Å². The summed E-state index contributed by atoms with van der Waals surface area (Å²) in [7, 11) is 0. The fraction of sp³-hybridized carbons (Fsp3) is 0.886. The van der Waals surface area contributed by atoms with E-state index in [1.165, 1.54) is 12.8 Å². The van der Waals surface area contributed by atoms with Crippen molar-refractivity contribution in [1.29, 1.82) is 0 Å². The molecule has 0 spiro atoms. The van der Waals surface area contributed by atoms with E-state index in [0.29, 0.717) is 37.8 Å². The van der Waals surface area contributed by atoms with E-state index in [2.05, 4.69) is 22.9 Å². The van der Waals surface area contributed by atoms with Crippen molar-refractivity contribution in [2.75, 3.05) is 0 Å². The number of carbonyl (C=O) groups excluding carboxylic acids is 3. The second kappa shape index (κ2) is 21.2. The average molecular weight is 855 g/mol. The number of hydrogen-bond acceptors (Lipinski definition) is 8. The average Bonchev–Trinajstić information content (AvgIpc) is 2.89. The van der Waals surface area contributed by atoms with Crippen LogP contribution in [0.3, 0.4) is 0 Å². The predicted molar refractivity (Wildman–Crippen MR) is 183 cm³/mol. The van der Waals surface area contributed by atoms with Gasteiger partial charge in [-0.3, -0.25) is 4.79 Å². The Hall–Kier alpha value is -2.07. The molecule has 3 saturated carbocycles. The molecule has 3 fully saturated rings. The normalized spacial score (nSPS) is 25.9. The molecule has 0 heterocycles. The van der Waals surface area contributed by atoms with Gasteiger partial charge in [-0.1, -0.05) is 6.92 Å². The Kier molecular flexibility index (Phi) is 20.3. The van der Waals surface area contributed by atoms with Gasteiger partial charge in [-0.05, 0) is 145 Å². The predicted octanol–water partition coefficient (Wildman–Crippen LogP) is 7.02. The van der Waals surface area contributed by atoms with Crippen LogP contribution < -0.4 is 21.7 Å². The summed E-state index contributed by atoms with van der Waals surface area (Å²) in [4.78, 5) is 45.2. The van der Waals surface area contributed by atoms with E-state index in [1.54, 1.807) is 0 Å². The van der Waals surface area contributed by atoms with E-state index < -0.39 is 28.9 Å². The molecule has 0 atom stereocenters. The number of hydrogen-bond donors (Lipinski definition) is 5. The van der Waals surface area contributed by atoms with Gasteiger partial charge in [0.15, 0.2) is 0 Å². The fourth-order valence-corrected chi connectivity index (χ4v) is 5.58. The molecule has 0 radical (unpaired) electrons. The van der Waals surface area contributed by atoms with Gasteiger partial charge < -0.3 is 41.0 Å². The topological polar surface area (TPSA) is 178 Å². The third-order valence-electron chi connectivity index (χ3n) is 8.03. The minimum absolute atomic E-state index is 0. The van der Waals surface area contributed by atoms with Crippen molar-refractivity contribution in [2.45, 2.75) is 187 Å². The van der Waals surface area contributed by atoms with Crippen LogP contribution in [0.25, 0.3) is 0 Å². The summed E-state index contributed by atoms with van der Waals surface area (Å²) < 4.78 is 15.6. The Morgan fingerprint density at radius 1 is 0.542 bits per heavy atom. The minimum Gasteiger partial charge on any atom is -0.481 e. The Bertz CT molecular complexity index is 921. The van der Waals surface area contributed by atoms with E-state index in [4.69, 9.17) is 25.1 Å². The SMILES string of the molecule is CC(C)(C)OC(=O)NC1CCC(C(=O)O)CC1.CC(C)(C)OC(=O)NC1CCC(N)CC1.CC1CCC(NC(=O)OC(C)(C)C)CC1.[W]. The Morgan fingerprint density at radius 3 is 1.08 bits per heavy atom. The fourth-order valence-electron chi connectivity index (χ4n) is 5.58. The molecule has 3 aliphatic rings. The molecule has 0 aromatic carbocycles. The van der Waals surface area contributed by atoms with Crippen LogP contribution >= 0.6 is 0 Å². The number of nitrogens with one attached hydrogen (secondary N) is 3. The Morgan fingerprint density at radius 2 is 0.812 bits per heavy atom. The van der Waals surface area contributed by atoms with Crippen molar-refractivity contribution in [3.05, 3.63) is 0 Å². The molecule has 6 N–H and O–H groups in total. The van der Waals surface area contributed by atoms with Crippen molar-refractivity contribution in [3.63, 3.8) is 0 Å². The van der Waals surface area contributed by atoms with Crippen LogP contribution in [-0.4, -0.2) is 70.3 Å². The van der Waals surface area contributed by atoms with E-state index in [1.807, 2.05) is 62.3 Å². The molecule has 0 aromatic rings. The third-order valence-corrected chi connectivity index (χ3v) is 8.03. The summed E-state index contributed by atoms with van der Waals surface area (Å²) in [6.07, 6.45) is 10.1. The first-order chi connectivity index (χ1) is 21.5. The van der Waals surface area contributed by atoms with E-state index in [9.17, 15) is 19.2 Å². The summed E-state index contributed by atoms with van der Waals surface area (Å²) in [5, 5.41) is 17.4. The van der Waals surface area contributed by atoms with E-state index >= 15 is 0 Å². The van der Waals surface area contributed by atoms with Gasteiger partial charge >= 0.3 is 24.2 Å². The largest absolute Gasteiger partial charge is 0.481 e. The van der Waals surface area contributed by atoms with E-state index in [0.717, 1.165) is 44.4 Å². The molecule has 12 nitrogen and oxygen atoms in total. The third kappa shape index (κ3) is 23.3. The summed E-state index contributed by atoms with van der Waals surface area (Å²) in [6, 6.07) is 0.901. The summed E-state index contributed by atoms with van der Waals surface area (Å²) >= 11 is 0.